The van der Waals surface area contributed by atoms with E-state index in [0.717, 1.165) is 4.47 Å². The third kappa shape index (κ3) is 3.84. The summed E-state index contributed by atoms with van der Waals surface area (Å²) in [5, 5.41) is 11.6. The van der Waals surface area contributed by atoms with Gasteiger partial charge in [-0.15, -0.1) is 0 Å². The van der Waals surface area contributed by atoms with Crippen LogP contribution in [0.1, 0.15) is 20.7 Å². The van der Waals surface area contributed by atoms with Crippen LogP contribution in [0.2, 0.25) is 5.02 Å². The molecule has 0 atom stereocenters. The molecule has 21 heavy (non-hydrogen) atoms. The monoisotopic (exact) mass is 431 g/mol. The first-order valence-corrected chi connectivity index (χ1v) is 7.64. The highest BCUT2D eigenvalue weighted by Crippen LogP contribution is 2.24. The zero-order chi connectivity index (χ0) is 15.6. The second-order valence-electron chi connectivity index (χ2n) is 4.08. The van der Waals surface area contributed by atoms with Gasteiger partial charge in [0, 0.05) is 14.6 Å². The Balaban J connectivity index is 2.26. The molecule has 2 aromatic carbocycles. The molecular formula is C14H8Br2ClNO3. The molecule has 0 heterocycles. The highest BCUT2D eigenvalue weighted by atomic mass is 79.9. The second kappa shape index (κ2) is 6.60. The SMILES string of the molecule is O=C(O)c1ccc(NC(=O)c2cc(Br)ccc2Br)cc1Cl. The average molecular weight is 433 g/mol. The molecule has 0 saturated carbocycles. The molecular weight excluding hydrogens is 425 g/mol. The number of carboxylic acid groups (broad SMARTS) is 1. The Morgan fingerprint density at radius 2 is 1.76 bits per heavy atom. The van der Waals surface area contributed by atoms with E-state index in [1.807, 2.05) is 0 Å². The van der Waals surface area contributed by atoms with E-state index >= 15 is 0 Å². The Kier molecular flexibility index (Phi) is 5.03. The number of hydrogen-bond acceptors (Lipinski definition) is 2. The first-order chi connectivity index (χ1) is 9.88. The quantitative estimate of drug-likeness (QED) is 0.730. The molecule has 0 saturated heterocycles. The lowest BCUT2D eigenvalue weighted by Crippen LogP contribution is -2.13. The molecule has 2 aromatic rings. The summed E-state index contributed by atoms with van der Waals surface area (Å²) in [4.78, 5) is 23.1. The molecule has 7 heteroatoms. The van der Waals surface area contributed by atoms with Crippen LogP contribution in [0.3, 0.4) is 0 Å². The van der Waals surface area contributed by atoms with Crippen molar-refractivity contribution in [1.82, 2.24) is 0 Å². The van der Waals surface area contributed by atoms with Gasteiger partial charge in [0.15, 0.2) is 0 Å². The number of anilines is 1. The van der Waals surface area contributed by atoms with Gasteiger partial charge in [-0.05, 0) is 52.3 Å². The molecule has 0 bridgehead atoms. The van der Waals surface area contributed by atoms with Crippen molar-refractivity contribution in [1.29, 1.82) is 0 Å². The van der Waals surface area contributed by atoms with Crippen molar-refractivity contribution in [3.63, 3.8) is 0 Å². The van der Waals surface area contributed by atoms with Crippen molar-refractivity contribution in [2.24, 2.45) is 0 Å². The van der Waals surface area contributed by atoms with E-state index in [1.54, 1.807) is 18.2 Å². The number of carbonyl (C=O) groups is 2. The maximum atomic E-state index is 12.2. The molecule has 0 aliphatic carbocycles. The lowest BCUT2D eigenvalue weighted by Gasteiger charge is -2.08. The van der Waals surface area contributed by atoms with E-state index < -0.39 is 5.97 Å². The summed E-state index contributed by atoms with van der Waals surface area (Å²) in [5.41, 5.74) is 0.850. The van der Waals surface area contributed by atoms with Crippen LogP contribution in [-0.2, 0) is 0 Å². The molecule has 0 spiro atoms. The van der Waals surface area contributed by atoms with Gasteiger partial charge in [-0.1, -0.05) is 27.5 Å². The topological polar surface area (TPSA) is 66.4 Å². The molecule has 4 nitrogen and oxygen atoms in total. The number of hydrogen-bond donors (Lipinski definition) is 2. The number of nitrogens with one attached hydrogen (secondary N) is 1. The van der Waals surface area contributed by atoms with Crippen molar-refractivity contribution >= 4 is 61.0 Å². The molecule has 0 aliphatic heterocycles. The van der Waals surface area contributed by atoms with Crippen LogP contribution in [0.15, 0.2) is 45.3 Å². The first-order valence-electron chi connectivity index (χ1n) is 5.67. The van der Waals surface area contributed by atoms with Crippen molar-refractivity contribution in [3.8, 4) is 0 Å². The highest BCUT2D eigenvalue weighted by molar-refractivity contribution is 9.11. The van der Waals surface area contributed by atoms with Gasteiger partial charge < -0.3 is 10.4 Å². The first kappa shape index (κ1) is 16.0. The summed E-state index contributed by atoms with van der Waals surface area (Å²) >= 11 is 12.5. The van der Waals surface area contributed by atoms with Crippen LogP contribution in [0.25, 0.3) is 0 Å². The van der Waals surface area contributed by atoms with Crippen molar-refractivity contribution in [2.45, 2.75) is 0 Å². The molecule has 0 unspecified atom stereocenters. The molecule has 108 valence electrons. The van der Waals surface area contributed by atoms with Crippen LogP contribution in [0, 0.1) is 0 Å². The van der Waals surface area contributed by atoms with Crippen LogP contribution >= 0.6 is 43.5 Å². The maximum Gasteiger partial charge on any atom is 0.337 e. The second-order valence-corrected chi connectivity index (χ2v) is 6.26. The van der Waals surface area contributed by atoms with Crippen molar-refractivity contribution < 1.29 is 14.7 Å². The fraction of sp³-hybridized carbons (Fsp3) is 0. The number of halogens is 3. The average Bonchev–Trinajstić information content (AvgIpc) is 2.41. The summed E-state index contributed by atoms with van der Waals surface area (Å²) in [5.74, 6) is -1.45. The van der Waals surface area contributed by atoms with Crippen LogP contribution < -0.4 is 5.32 Å². The normalized spacial score (nSPS) is 10.2. The van der Waals surface area contributed by atoms with Crippen molar-refractivity contribution in [2.75, 3.05) is 5.32 Å². The van der Waals surface area contributed by atoms with Crippen LogP contribution in [0.4, 0.5) is 5.69 Å². The minimum atomic E-state index is -1.12. The number of amides is 1. The Morgan fingerprint density at radius 1 is 1.05 bits per heavy atom. The van der Waals surface area contributed by atoms with Gasteiger partial charge in [0.1, 0.15) is 0 Å². The molecule has 0 radical (unpaired) electrons. The molecule has 1 amide bonds. The molecule has 0 fully saturated rings. The Bertz CT molecular complexity index is 734. The fourth-order valence-electron chi connectivity index (χ4n) is 1.64. The van der Waals surface area contributed by atoms with Crippen molar-refractivity contribution in [3.05, 3.63) is 61.5 Å². The van der Waals surface area contributed by atoms with Crippen LogP contribution in [0.5, 0.6) is 0 Å². The third-order valence-electron chi connectivity index (χ3n) is 2.63. The van der Waals surface area contributed by atoms with Gasteiger partial charge >= 0.3 is 5.97 Å². The van der Waals surface area contributed by atoms with E-state index in [1.165, 1.54) is 18.2 Å². The Morgan fingerprint density at radius 3 is 2.38 bits per heavy atom. The molecule has 0 aliphatic rings. The Hall–Kier alpha value is -1.37. The summed E-state index contributed by atoms with van der Waals surface area (Å²) in [7, 11) is 0. The van der Waals surface area contributed by atoms with Gasteiger partial charge in [-0.25, -0.2) is 4.79 Å². The highest BCUT2D eigenvalue weighted by Gasteiger charge is 2.13. The van der Waals surface area contributed by atoms with Crippen LogP contribution in [-0.4, -0.2) is 17.0 Å². The Labute approximate surface area is 142 Å². The molecule has 2 N–H and O–H groups in total. The smallest absolute Gasteiger partial charge is 0.337 e. The van der Waals surface area contributed by atoms with Gasteiger partial charge in [0.2, 0.25) is 0 Å². The van der Waals surface area contributed by atoms with Gasteiger partial charge in [0.25, 0.3) is 5.91 Å². The maximum absolute atomic E-state index is 12.2. The lowest BCUT2D eigenvalue weighted by molar-refractivity contribution is 0.0697. The van der Waals surface area contributed by atoms with Gasteiger partial charge in [-0.3, -0.25) is 4.79 Å². The zero-order valence-corrected chi connectivity index (χ0v) is 14.3. The zero-order valence-electron chi connectivity index (χ0n) is 10.4. The van der Waals surface area contributed by atoms with Gasteiger partial charge in [-0.2, -0.15) is 0 Å². The van der Waals surface area contributed by atoms with E-state index in [0.29, 0.717) is 15.7 Å². The summed E-state index contributed by atoms with van der Waals surface area (Å²) in [6.45, 7) is 0. The number of carboxylic acids is 1. The van der Waals surface area contributed by atoms with E-state index in [4.69, 9.17) is 16.7 Å². The standard InChI is InChI=1S/C14H8Br2ClNO3/c15-7-1-4-11(16)10(5-7)13(19)18-8-2-3-9(14(20)21)12(17)6-8/h1-6H,(H,18,19)(H,20,21). The summed E-state index contributed by atoms with van der Waals surface area (Å²) in [6.07, 6.45) is 0. The number of aromatic carboxylic acids is 1. The largest absolute Gasteiger partial charge is 0.478 e. The fourth-order valence-corrected chi connectivity index (χ4v) is 2.69. The minimum Gasteiger partial charge on any atom is -0.478 e. The van der Waals surface area contributed by atoms with Gasteiger partial charge in [0.05, 0.1) is 16.1 Å². The third-order valence-corrected chi connectivity index (χ3v) is 4.13. The predicted octanol–water partition coefficient (Wildman–Crippen LogP) is 4.82. The lowest BCUT2D eigenvalue weighted by atomic mass is 10.2. The van der Waals surface area contributed by atoms with E-state index in [9.17, 15) is 9.59 Å². The molecule has 2 rings (SSSR count). The summed E-state index contributed by atoms with van der Waals surface area (Å²) < 4.78 is 1.42. The van der Waals surface area contributed by atoms with E-state index in [2.05, 4.69) is 37.2 Å². The number of rotatable bonds is 3. The molecule has 0 aromatic heterocycles. The number of benzene rings is 2. The van der Waals surface area contributed by atoms with E-state index in [-0.39, 0.29) is 16.5 Å². The number of carbonyl (C=O) groups excluding carboxylic acids is 1. The minimum absolute atomic E-state index is 0.0155. The summed E-state index contributed by atoms with van der Waals surface area (Å²) in [6, 6.07) is 9.45. The predicted molar refractivity (Wildman–Crippen MR) is 88.2 cm³/mol.